The van der Waals surface area contributed by atoms with Crippen molar-refractivity contribution >= 4 is 34.5 Å². The molecule has 0 bridgehead atoms. The number of H-pyrrole nitrogens is 1. The van der Waals surface area contributed by atoms with Gasteiger partial charge in [0.2, 0.25) is 12.7 Å². The Labute approximate surface area is 193 Å². The highest BCUT2D eigenvalue weighted by atomic mass is 16.7. The van der Waals surface area contributed by atoms with Crippen molar-refractivity contribution in [1.29, 1.82) is 0 Å². The topological polar surface area (TPSA) is 125 Å². The molecule has 0 saturated carbocycles. The number of ether oxygens (including phenoxy) is 2. The van der Waals surface area contributed by atoms with E-state index >= 15 is 0 Å². The number of nitrogens with one attached hydrogen (secondary N) is 2. The molecule has 0 unspecified atom stereocenters. The molecular formula is C25H18N4O5. The molecule has 0 spiro atoms. The van der Waals surface area contributed by atoms with Crippen LogP contribution in [0.1, 0.15) is 15.9 Å². The number of hydrogen-bond donors (Lipinski definition) is 3. The van der Waals surface area contributed by atoms with Crippen molar-refractivity contribution < 1.29 is 24.2 Å². The van der Waals surface area contributed by atoms with Gasteiger partial charge in [-0.3, -0.25) is 9.59 Å². The van der Waals surface area contributed by atoms with Gasteiger partial charge in [-0.1, -0.05) is 42.5 Å². The Bertz CT molecular complexity index is 1460. The molecule has 9 heteroatoms. The SMILES string of the molecule is O=C(N=Nc1c(O)[nH]c2ccccc12)/C(=C\c1ccc2c(c1)OCO2)NC(=O)c1ccccc1. The minimum atomic E-state index is -0.799. The van der Waals surface area contributed by atoms with Gasteiger partial charge in [-0.2, -0.15) is 0 Å². The molecule has 34 heavy (non-hydrogen) atoms. The van der Waals surface area contributed by atoms with Crippen LogP contribution in [0.2, 0.25) is 0 Å². The van der Waals surface area contributed by atoms with Gasteiger partial charge < -0.3 is 24.9 Å². The monoisotopic (exact) mass is 454 g/mol. The van der Waals surface area contributed by atoms with Crippen LogP contribution in [-0.2, 0) is 4.79 Å². The van der Waals surface area contributed by atoms with E-state index in [4.69, 9.17) is 9.47 Å². The lowest BCUT2D eigenvalue weighted by molar-refractivity contribution is -0.115. The maximum absolute atomic E-state index is 13.0. The Morgan fingerprint density at radius 2 is 1.74 bits per heavy atom. The summed E-state index contributed by atoms with van der Waals surface area (Å²) in [6.45, 7) is 0.112. The number of para-hydroxylation sites is 1. The zero-order valence-electron chi connectivity index (χ0n) is 17.7. The lowest BCUT2D eigenvalue weighted by atomic mass is 10.1. The molecule has 2 amide bonds. The van der Waals surface area contributed by atoms with Crippen LogP contribution in [0.5, 0.6) is 17.4 Å². The van der Waals surface area contributed by atoms with E-state index in [1.807, 2.05) is 0 Å². The third kappa shape index (κ3) is 4.22. The smallest absolute Gasteiger partial charge is 0.311 e. The summed E-state index contributed by atoms with van der Waals surface area (Å²) in [6, 6.07) is 20.7. The minimum absolute atomic E-state index is 0.101. The molecule has 0 saturated heterocycles. The van der Waals surface area contributed by atoms with Crippen molar-refractivity contribution in [3.05, 3.63) is 89.6 Å². The predicted octanol–water partition coefficient (Wildman–Crippen LogP) is 4.68. The van der Waals surface area contributed by atoms with Crippen molar-refractivity contribution in [3.8, 4) is 17.4 Å². The van der Waals surface area contributed by atoms with Crippen molar-refractivity contribution in [2.45, 2.75) is 0 Å². The summed E-state index contributed by atoms with van der Waals surface area (Å²) in [4.78, 5) is 28.5. The number of hydrogen-bond acceptors (Lipinski definition) is 6. The Balaban J connectivity index is 1.48. The molecule has 4 aromatic rings. The van der Waals surface area contributed by atoms with Gasteiger partial charge in [-0.25, -0.2) is 0 Å². The fourth-order valence-electron chi connectivity index (χ4n) is 3.47. The zero-order chi connectivity index (χ0) is 23.5. The number of rotatable bonds is 5. The lowest BCUT2D eigenvalue weighted by Gasteiger charge is -2.07. The first-order valence-corrected chi connectivity index (χ1v) is 10.3. The Hall–Kier alpha value is -4.92. The average Bonchev–Trinajstić information content (AvgIpc) is 3.45. The van der Waals surface area contributed by atoms with E-state index in [0.717, 1.165) is 0 Å². The van der Waals surface area contributed by atoms with E-state index in [0.29, 0.717) is 33.5 Å². The summed E-state index contributed by atoms with van der Waals surface area (Å²) in [6.07, 6.45) is 1.47. The van der Waals surface area contributed by atoms with Crippen molar-refractivity contribution in [2.75, 3.05) is 6.79 Å². The number of azo groups is 1. The standard InChI is InChI=1S/C25H18N4O5/c30-23(16-6-2-1-3-7-16)27-19(12-15-10-11-20-21(13-15)34-14-33-20)24(31)29-28-22-17-8-4-5-9-18(17)26-25(22)32/h1-13,26,32H,14H2,(H,27,30)/b19-12+,29-28?. The van der Waals surface area contributed by atoms with Crippen LogP contribution in [0.15, 0.2) is 88.7 Å². The highest BCUT2D eigenvalue weighted by molar-refractivity contribution is 6.05. The van der Waals surface area contributed by atoms with Gasteiger partial charge in [0.25, 0.3) is 5.91 Å². The van der Waals surface area contributed by atoms with Gasteiger partial charge in [0, 0.05) is 10.9 Å². The summed E-state index contributed by atoms with van der Waals surface area (Å²) < 4.78 is 10.7. The largest absolute Gasteiger partial charge is 0.493 e. The fourth-order valence-corrected chi connectivity index (χ4v) is 3.47. The maximum atomic E-state index is 13.0. The first-order chi connectivity index (χ1) is 16.6. The second kappa shape index (κ2) is 8.91. The number of carbonyl (C=O) groups excluding carboxylic acids is 2. The number of benzene rings is 3. The molecule has 1 aliphatic rings. The summed E-state index contributed by atoms with van der Waals surface area (Å²) in [5, 5.41) is 21.1. The molecule has 0 aliphatic carbocycles. The minimum Gasteiger partial charge on any atom is -0.493 e. The van der Waals surface area contributed by atoms with Crippen LogP contribution in [0.25, 0.3) is 17.0 Å². The van der Waals surface area contributed by atoms with Crippen LogP contribution in [-0.4, -0.2) is 28.7 Å². The molecular weight excluding hydrogens is 436 g/mol. The van der Waals surface area contributed by atoms with Crippen LogP contribution < -0.4 is 14.8 Å². The van der Waals surface area contributed by atoms with Gasteiger partial charge >= 0.3 is 5.91 Å². The first kappa shape index (κ1) is 21.0. The molecule has 0 radical (unpaired) electrons. The number of carbonyl (C=O) groups is 2. The van der Waals surface area contributed by atoms with Gasteiger partial charge in [0.05, 0.1) is 5.52 Å². The normalized spacial score (nSPS) is 12.9. The predicted molar refractivity (Wildman–Crippen MR) is 124 cm³/mol. The van der Waals surface area contributed by atoms with Crippen molar-refractivity contribution in [2.24, 2.45) is 10.2 Å². The van der Waals surface area contributed by atoms with Crippen LogP contribution in [0.4, 0.5) is 5.69 Å². The van der Waals surface area contributed by atoms with Gasteiger partial charge in [0.1, 0.15) is 5.70 Å². The fraction of sp³-hybridized carbons (Fsp3) is 0.0400. The average molecular weight is 454 g/mol. The molecule has 2 heterocycles. The van der Waals surface area contributed by atoms with Crippen molar-refractivity contribution in [3.63, 3.8) is 0 Å². The zero-order valence-corrected chi connectivity index (χ0v) is 17.7. The number of aromatic amines is 1. The summed E-state index contributed by atoms with van der Waals surface area (Å²) >= 11 is 0. The van der Waals surface area contributed by atoms with Crippen LogP contribution in [0.3, 0.4) is 0 Å². The van der Waals surface area contributed by atoms with Crippen LogP contribution in [0, 0.1) is 0 Å². The second-order valence-electron chi connectivity index (χ2n) is 7.36. The molecule has 0 atom stereocenters. The van der Waals surface area contributed by atoms with E-state index in [9.17, 15) is 14.7 Å². The van der Waals surface area contributed by atoms with E-state index in [2.05, 4.69) is 20.5 Å². The molecule has 9 nitrogen and oxygen atoms in total. The highest BCUT2D eigenvalue weighted by Crippen LogP contribution is 2.35. The maximum Gasteiger partial charge on any atom is 0.311 e. The highest BCUT2D eigenvalue weighted by Gasteiger charge is 2.18. The van der Waals surface area contributed by atoms with Crippen LogP contribution >= 0.6 is 0 Å². The van der Waals surface area contributed by atoms with Gasteiger partial charge in [-0.05, 0) is 42.0 Å². The third-order valence-corrected chi connectivity index (χ3v) is 5.12. The quantitative estimate of drug-likeness (QED) is 0.298. The third-order valence-electron chi connectivity index (χ3n) is 5.12. The number of nitrogens with zero attached hydrogens (tertiary/aromatic N) is 2. The summed E-state index contributed by atoms with van der Waals surface area (Å²) in [5.74, 6) is -0.377. The Kier molecular flexibility index (Phi) is 5.49. The molecule has 168 valence electrons. The van der Waals surface area contributed by atoms with E-state index < -0.39 is 11.8 Å². The summed E-state index contributed by atoms with van der Waals surface area (Å²) in [5.41, 5.74) is 1.63. The van der Waals surface area contributed by atoms with E-state index in [1.54, 1.807) is 72.8 Å². The number of aromatic nitrogens is 1. The lowest BCUT2D eigenvalue weighted by Crippen LogP contribution is -2.26. The molecule has 3 N–H and O–H groups in total. The van der Waals surface area contributed by atoms with Gasteiger partial charge in [-0.15, -0.1) is 10.2 Å². The summed E-state index contributed by atoms with van der Waals surface area (Å²) in [7, 11) is 0. The van der Waals surface area contributed by atoms with E-state index in [-0.39, 0.29) is 24.1 Å². The van der Waals surface area contributed by atoms with E-state index in [1.165, 1.54) is 6.08 Å². The first-order valence-electron chi connectivity index (χ1n) is 10.3. The van der Waals surface area contributed by atoms with Crippen molar-refractivity contribution in [1.82, 2.24) is 10.3 Å². The van der Waals surface area contributed by atoms with Gasteiger partial charge in [0.15, 0.2) is 17.2 Å². The second-order valence-corrected chi connectivity index (χ2v) is 7.36. The number of aromatic hydroxyl groups is 1. The Morgan fingerprint density at radius 3 is 2.59 bits per heavy atom. The number of amides is 2. The number of fused-ring (bicyclic) bond motifs is 2. The molecule has 5 rings (SSSR count). The molecule has 0 fully saturated rings. The molecule has 1 aromatic heterocycles. The molecule has 3 aromatic carbocycles. The Morgan fingerprint density at radius 1 is 0.971 bits per heavy atom. The molecule has 1 aliphatic heterocycles.